The van der Waals surface area contributed by atoms with Crippen LogP contribution in [0.25, 0.3) is 10.9 Å². The van der Waals surface area contributed by atoms with E-state index in [2.05, 4.69) is 38.7 Å². The van der Waals surface area contributed by atoms with E-state index < -0.39 is 6.04 Å². The molecule has 1 N–H and O–H groups in total. The largest absolute Gasteiger partial charge is 0.459 e. The Bertz CT molecular complexity index is 1660. The SMILES string of the molecule is CCn1c(CC[C@@H]2CCCN2C(=O)[C@H]2CCCN2CCC[C@H](NC(=O)C2CCCCC2)C(=O)OCc2ccccc2)cc2ccc(C#N)cc21. The first-order valence-electron chi connectivity index (χ1n) is 19.0. The summed E-state index contributed by atoms with van der Waals surface area (Å²) in [6.07, 6.45) is 11.9. The third-order valence-electron chi connectivity index (χ3n) is 11.2. The molecule has 3 heterocycles. The van der Waals surface area contributed by atoms with E-state index in [0.717, 1.165) is 107 Å². The summed E-state index contributed by atoms with van der Waals surface area (Å²) in [5.74, 6) is -0.223. The van der Waals surface area contributed by atoms with E-state index in [-0.39, 0.29) is 42.4 Å². The highest BCUT2D eigenvalue weighted by Crippen LogP contribution is 2.29. The summed E-state index contributed by atoms with van der Waals surface area (Å²) in [7, 11) is 0. The molecule has 1 aromatic heterocycles. The predicted octanol–water partition coefficient (Wildman–Crippen LogP) is 6.51. The molecule has 2 aromatic carbocycles. The molecule has 0 radical (unpaired) electrons. The lowest BCUT2D eigenvalue weighted by Crippen LogP contribution is -2.48. The van der Waals surface area contributed by atoms with Crippen LogP contribution in [-0.4, -0.2) is 69.9 Å². The summed E-state index contributed by atoms with van der Waals surface area (Å²) >= 11 is 0. The van der Waals surface area contributed by atoms with Crippen molar-refractivity contribution in [3.63, 3.8) is 0 Å². The number of fused-ring (bicyclic) bond motifs is 1. The van der Waals surface area contributed by atoms with Crippen molar-refractivity contribution < 1.29 is 19.1 Å². The van der Waals surface area contributed by atoms with Gasteiger partial charge in [0.15, 0.2) is 0 Å². The Labute approximate surface area is 296 Å². The second kappa shape index (κ2) is 17.2. The molecule has 2 aliphatic heterocycles. The van der Waals surface area contributed by atoms with Crippen LogP contribution in [-0.2, 0) is 38.7 Å². The third kappa shape index (κ3) is 8.58. The lowest BCUT2D eigenvalue weighted by atomic mass is 9.88. The van der Waals surface area contributed by atoms with E-state index in [9.17, 15) is 19.6 Å². The highest BCUT2D eigenvalue weighted by molar-refractivity contribution is 5.86. The van der Waals surface area contributed by atoms with Gasteiger partial charge in [-0.2, -0.15) is 5.26 Å². The monoisotopic (exact) mass is 679 g/mol. The van der Waals surface area contributed by atoms with Gasteiger partial charge in [-0.15, -0.1) is 0 Å². The Balaban J connectivity index is 1.04. The molecule has 9 nitrogen and oxygen atoms in total. The van der Waals surface area contributed by atoms with Crippen LogP contribution >= 0.6 is 0 Å². The third-order valence-corrected chi connectivity index (χ3v) is 11.2. The van der Waals surface area contributed by atoms with Crippen LogP contribution in [0.15, 0.2) is 54.6 Å². The topological polar surface area (TPSA) is 108 Å². The second-order valence-electron chi connectivity index (χ2n) is 14.5. The van der Waals surface area contributed by atoms with E-state index in [0.29, 0.717) is 24.9 Å². The number of benzene rings is 2. The van der Waals surface area contributed by atoms with Gasteiger partial charge >= 0.3 is 5.97 Å². The zero-order valence-electron chi connectivity index (χ0n) is 29.7. The molecular weight excluding hydrogens is 626 g/mol. The zero-order valence-corrected chi connectivity index (χ0v) is 29.7. The fourth-order valence-electron chi connectivity index (χ4n) is 8.50. The summed E-state index contributed by atoms with van der Waals surface area (Å²) in [5, 5.41) is 13.6. The number of nitrogens with zero attached hydrogens (tertiary/aromatic N) is 4. The van der Waals surface area contributed by atoms with Crippen molar-refractivity contribution in [2.45, 2.75) is 122 Å². The highest BCUT2D eigenvalue weighted by Gasteiger charge is 2.38. The minimum Gasteiger partial charge on any atom is -0.459 e. The fraction of sp³-hybridized carbons (Fsp3) is 0.561. The van der Waals surface area contributed by atoms with Gasteiger partial charge in [0.05, 0.1) is 17.7 Å². The summed E-state index contributed by atoms with van der Waals surface area (Å²) in [6, 6.07) is 19.4. The average Bonchev–Trinajstić information content (AvgIpc) is 3.91. The summed E-state index contributed by atoms with van der Waals surface area (Å²) in [4.78, 5) is 45.0. The number of rotatable bonds is 14. The van der Waals surface area contributed by atoms with Gasteiger partial charge in [0.25, 0.3) is 0 Å². The van der Waals surface area contributed by atoms with Crippen LogP contribution in [0.2, 0.25) is 0 Å². The van der Waals surface area contributed by atoms with Crippen molar-refractivity contribution in [2.24, 2.45) is 5.92 Å². The molecule has 2 saturated heterocycles. The van der Waals surface area contributed by atoms with Gasteiger partial charge in [-0.3, -0.25) is 14.5 Å². The first kappa shape index (κ1) is 35.7. The highest BCUT2D eigenvalue weighted by atomic mass is 16.5. The second-order valence-corrected chi connectivity index (χ2v) is 14.5. The number of ether oxygens (including phenoxy) is 1. The van der Waals surface area contributed by atoms with Crippen molar-refractivity contribution >= 4 is 28.7 Å². The van der Waals surface area contributed by atoms with E-state index in [4.69, 9.17) is 4.74 Å². The number of likely N-dealkylation sites (tertiary alicyclic amines) is 2. The number of amides is 2. The van der Waals surface area contributed by atoms with E-state index in [1.807, 2.05) is 48.5 Å². The Morgan fingerprint density at radius 3 is 2.54 bits per heavy atom. The maximum absolute atomic E-state index is 14.1. The molecule has 3 aliphatic rings. The molecule has 1 aliphatic carbocycles. The van der Waals surface area contributed by atoms with Crippen LogP contribution < -0.4 is 5.32 Å². The first-order valence-corrected chi connectivity index (χ1v) is 19.0. The van der Waals surface area contributed by atoms with E-state index in [1.54, 1.807) is 0 Å². The number of carbonyl (C=O) groups is 3. The predicted molar refractivity (Wildman–Crippen MR) is 194 cm³/mol. The van der Waals surface area contributed by atoms with Gasteiger partial charge in [-0.05, 0) is 113 Å². The summed E-state index contributed by atoms with van der Waals surface area (Å²) in [6.45, 7) is 5.54. The van der Waals surface area contributed by atoms with Gasteiger partial charge < -0.3 is 19.5 Å². The number of aromatic nitrogens is 1. The van der Waals surface area contributed by atoms with Crippen molar-refractivity contribution in [3.05, 3.63) is 71.4 Å². The van der Waals surface area contributed by atoms with Gasteiger partial charge in [0.2, 0.25) is 11.8 Å². The smallest absolute Gasteiger partial charge is 0.328 e. The Hall–Kier alpha value is -4.16. The number of carbonyl (C=O) groups excluding carboxylic acids is 3. The standard InChI is InChI=1S/C41H53N5O4/c1-2-45-35(27-33-20-19-31(28-42)26-38(33)45)22-21-34-16-9-25-46(34)40(48)37-18-11-24-44(37)23-10-17-36(43-39(47)32-14-7-4-8-15-32)41(49)50-29-30-12-5-3-6-13-30/h3,5-6,12-13,19-20,26-27,32,34,36-37H,2,4,7-11,14-18,21-25,29H2,1H3,(H,43,47)/t34-,36-,37+/m0/s1. The Kier molecular flexibility index (Phi) is 12.2. The van der Waals surface area contributed by atoms with Crippen molar-refractivity contribution in [3.8, 4) is 6.07 Å². The van der Waals surface area contributed by atoms with Crippen LogP contribution in [0.3, 0.4) is 0 Å². The summed E-state index contributed by atoms with van der Waals surface area (Å²) < 4.78 is 8.00. The fourth-order valence-corrected chi connectivity index (χ4v) is 8.50. The maximum Gasteiger partial charge on any atom is 0.328 e. The van der Waals surface area contributed by atoms with Gasteiger partial charge in [-0.1, -0.05) is 55.7 Å². The Morgan fingerprint density at radius 2 is 1.76 bits per heavy atom. The quantitative estimate of drug-likeness (QED) is 0.195. The number of esters is 1. The molecule has 1 saturated carbocycles. The minimum absolute atomic E-state index is 0.0353. The van der Waals surface area contributed by atoms with Crippen LogP contribution in [0.4, 0.5) is 0 Å². The number of aryl methyl sites for hydroxylation is 2. The lowest BCUT2D eigenvalue weighted by molar-refractivity contribution is -0.150. The molecule has 3 aromatic rings. The number of hydrogen-bond acceptors (Lipinski definition) is 6. The van der Waals surface area contributed by atoms with E-state index in [1.165, 1.54) is 5.69 Å². The van der Waals surface area contributed by atoms with Crippen molar-refractivity contribution in [2.75, 3.05) is 19.6 Å². The molecule has 3 atom stereocenters. The van der Waals surface area contributed by atoms with Crippen LogP contribution in [0.1, 0.15) is 101 Å². The molecular formula is C41H53N5O4. The average molecular weight is 680 g/mol. The normalized spacial score (nSPS) is 20.5. The molecule has 9 heteroatoms. The Morgan fingerprint density at radius 1 is 0.960 bits per heavy atom. The number of nitriles is 1. The molecule has 6 rings (SSSR count). The molecule has 0 unspecified atom stereocenters. The molecule has 0 spiro atoms. The van der Waals surface area contributed by atoms with Crippen LogP contribution in [0, 0.1) is 17.2 Å². The van der Waals surface area contributed by atoms with Gasteiger partial charge in [0, 0.05) is 36.3 Å². The zero-order chi connectivity index (χ0) is 34.9. The molecule has 3 fully saturated rings. The molecule has 266 valence electrons. The van der Waals surface area contributed by atoms with Crippen molar-refractivity contribution in [1.82, 2.24) is 19.7 Å². The van der Waals surface area contributed by atoms with Crippen LogP contribution in [0.5, 0.6) is 0 Å². The first-order chi connectivity index (χ1) is 24.4. The molecule has 0 bridgehead atoms. The summed E-state index contributed by atoms with van der Waals surface area (Å²) in [5.41, 5.74) is 3.95. The number of hydrogen-bond donors (Lipinski definition) is 1. The molecule has 2 amide bonds. The minimum atomic E-state index is -0.696. The van der Waals surface area contributed by atoms with E-state index >= 15 is 0 Å². The van der Waals surface area contributed by atoms with Gasteiger partial charge in [-0.25, -0.2) is 4.79 Å². The lowest BCUT2D eigenvalue weighted by Gasteiger charge is -2.32. The van der Waals surface area contributed by atoms with Crippen molar-refractivity contribution in [1.29, 1.82) is 5.26 Å². The molecule has 50 heavy (non-hydrogen) atoms. The maximum atomic E-state index is 14.1. The number of nitrogens with one attached hydrogen (secondary N) is 1. The van der Waals surface area contributed by atoms with Gasteiger partial charge in [0.1, 0.15) is 12.6 Å².